The van der Waals surface area contributed by atoms with Crippen LogP contribution in [0.25, 0.3) is 0 Å². The van der Waals surface area contributed by atoms with Crippen molar-refractivity contribution in [3.8, 4) is 0 Å². The van der Waals surface area contributed by atoms with Crippen molar-refractivity contribution in [3.05, 3.63) is 29.6 Å². The zero-order chi connectivity index (χ0) is 18.5. The number of carbonyl (C=O) groups excluding carboxylic acids is 1. The van der Waals surface area contributed by atoms with Gasteiger partial charge in [-0.25, -0.2) is 4.39 Å². The summed E-state index contributed by atoms with van der Waals surface area (Å²) in [5.41, 5.74) is 2.11. The quantitative estimate of drug-likeness (QED) is 0.841. The molecule has 0 radical (unpaired) electrons. The molecule has 7 heteroatoms. The van der Waals surface area contributed by atoms with Gasteiger partial charge in [0.2, 0.25) is 5.91 Å². The van der Waals surface area contributed by atoms with Crippen LogP contribution in [0.4, 0.5) is 10.1 Å². The zero-order valence-electron chi connectivity index (χ0n) is 15.5. The highest BCUT2D eigenvalue weighted by Gasteiger charge is 2.24. The molecule has 26 heavy (non-hydrogen) atoms. The Kier molecular flexibility index (Phi) is 6.08. The van der Waals surface area contributed by atoms with Gasteiger partial charge in [0.15, 0.2) is 0 Å². The summed E-state index contributed by atoms with van der Waals surface area (Å²) in [6.07, 6.45) is 1.52. The summed E-state index contributed by atoms with van der Waals surface area (Å²) < 4.78 is 14.7. The number of piperazine rings is 1. The molecule has 1 aromatic rings. The number of benzene rings is 1. The molecule has 0 aromatic heterocycles. The Morgan fingerprint density at radius 1 is 1.35 bits per heavy atom. The highest BCUT2D eigenvalue weighted by atomic mass is 19.1. The SMILES string of the molecule is CCCN1CCN(c2ccc(C3=NOC(CNC(C)=O)C3)cc2F)CC1. The second-order valence-corrected chi connectivity index (χ2v) is 6.90. The van der Waals surface area contributed by atoms with Crippen LogP contribution in [0.1, 0.15) is 32.3 Å². The maximum Gasteiger partial charge on any atom is 0.217 e. The van der Waals surface area contributed by atoms with Gasteiger partial charge in [-0.2, -0.15) is 0 Å². The molecule has 2 heterocycles. The Morgan fingerprint density at radius 2 is 2.12 bits per heavy atom. The summed E-state index contributed by atoms with van der Waals surface area (Å²) in [6.45, 7) is 8.80. The van der Waals surface area contributed by atoms with E-state index in [0.29, 0.717) is 18.7 Å². The van der Waals surface area contributed by atoms with E-state index in [1.807, 2.05) is 12.1 Å². The van der Waals surface area contributed by atoms with Crippen LogP contribution in [0.2, 0.25) is 0 Å². The van der Waals surface area contributed by atoms with E-state index in [1.165, 1.54) is 13.0 Å². The van der Waals surface area contributed by atoms with Gasteiger partial charge in [-0.3, -0.25) is 9.69 Å². The molecule has 2 aliphatic rings. The van der Waals surface area contributed by atoms with Gasteiger partial charge in [-0.1, -0.05) is 18.1 Å². The normalized spacial score (nSPS) is 20.7. The lowest BCUT2D eigenvalue weighted by Gasteiger charge is -2.36. The highest BCUT2D eigenvalue weighted by Crippen LogP contribution is 2.24. The van der Waals surface area contributed by atoms with E-state index >= 15 is 0 Å². The molecular formula is C19H27FN4O2. The van der Waals surface area contributed by atoms with Gasteiger partial charge in [0.1, 0.15) is 11.9 Å². The van der Waals surface area contributed by atoms with Crippen LogP contribution in [0.5, 0.6) is 0 Å². The number of nitrogens with one attached hydrogen (secondary N) is 1. The minimum Gasteiger partial charge on any atom is -0.390 e. The Morgan fingerprint density at radius 3 is 2.77 bits per heavy atom. The first-order chi connectivity index (χ1) is 12.6. The van der Waals surface area contributed by atoms with Crippen molar-refractivity contribution in [2.75, 3.05) is 44.2 Å². The number of oxime groups is 1. The first kappa shape index (κ1) is 18.6. The smallest absolute Gasteiger partial charge is 0.217 e. The first-order valence-corrected chi connectivity index (χ1v) is 9.31. The third-order valence-electron chi connectivity index (χ3n) is 4.85. The Labute approximate surface area is 154 Å². The van der Waals surface area contributed by atoms with Gasteiger partial charge in [0.25, 0.3) is 0 Å². The summed E-state index contributed by atoms with van der Waals surface area (Å²) in [5.74, 6) is -0.323. The van der Waals surface area contributed by atoms with E-state index in [1.54, 1.807) is 0 Å². The minimum atomic E-state index is -0.223. The minimum absolute atomic E-state index is 0.100. The van der Waals surface area contributed by atoms with Crippen LogP contribution in [0, 0.1) is 5.82 Å². The fraction of sp³-hybridized carbons (Fsp3) is 0.579. The molecule has 1 atom stereocenters. The molecule has 1 saturated heterocycles. The largest absolute Gasteiger partial charge is 0.390 e. The van der Waals surface area contributed by atoms with Crippen molar-refractivity contribution in [1.29, 1.82) is 0 Å². The third kappa shape index (κ3) is 4.52. The molecular weight excluding hydrogens is 335 g/mol. The van der Waals surface area contributed by atoms with E-state index in [2.05, 4.69) is 27.2 Å². The van der Waals surface area contributed by atoms with E-state index < -0.39 is 0 Å². The maximum absolute atomic E-state index is 14.7. The number of carbonyl (C=O) groups is 1. The fourth-order valence-corrected chi connectivity index (χ4v) is 3.44. The molecule has 1 unspecified atom stereocenters. The number of anilines is 1. The molecule has 1 fully saturated rings. The predicted molar refractivity (Wildman–Crippen MR) is 100 cm³/mol. The summed E-state index contributed by atoms with van der Waals surface area (Å²) in [7, 11) is 0. The Hall–Kier alpha value is -2.15. The molecule has 2 aliphatic heterocycles. The summed E-state index contributed by atoms with van der Waals surface area (Å²) in [4.78, 5) is 20.8. The van der Waals surface area contributed by atoms with Gasteiger partial charge >= 0.3 is 0 Å². The molecule has 1 amide bonds. The van der Waals surface area contributed by atoms with Crippen LogP contribution >= 0.6 is 0 Å². The fourth-order valence-electron chi connectivity index (χ4n) is 3.44. The average molecular weight is 362 g/mol. The van der Waals surface area contributed by atoms with Crippen molar-refractivity contribution < 1.29 is 14.0 Å². The third-order valence-corrected chi connectivity index (χ3v) is 4.85. The lowest BCUT2D eigenvalue weighted by molar-refractivity contribution is -0.119. The predicted octanol–water partition coefficient (Wildman–Crippen LogP) is 1.99. The molecule has 0 spiro atoms. The van der Waals surface area contributed by atoms with Gasteiger partial charge < -0.3 is 15.1 Å². The lowest BCUT2D eigenvalue weighted by atomic mass is 10.0. The average Bonchev–Trinajstić information content (AvgIpc) is 3.10. The van der Waals surface area contributed by atoms with Crippen molar-refractivity contribution in [2.24, 2.45) is 5.16 Å². The summed E-state index contributed by atoms with van der Waals surface area (Å²) >= 11 is 0. The molecule has 0 bridgehead atoms. The van der Waals surface area contributed by atoms with Crippen molar-refractivity contribution in [1.82, 2.24) is 10.2 Å². The maximum atomic E-state index is 14.7. The lowest BCUT2D eigenvalue weighted by Crippen LogP contribution is -2.46. The van der Waals surface area contributed by atoms with Gasteiger partial charge in [-0.15, -0.1) is 0 Å². The molecule has 6 nitrogen and oxygen atoms in total. The second kappa shape index (κ2) is 8.49. The van der Waals surface area contributed by atoms with E-state index in [0.717, 1.165) is 50.4 Å². The molecule has 3 rings (SSSR count). The zero-order valence-corrected chi connectivity index (χ0v) is 15.5. The van der Waals surface area contributed by atoms with Crippen LogP contribution < -0.4 is 10.2 Å². The summed E-state index contributed by atoms with van der Waals surface area (Å²) in [5, 5.41) is 6.77. The Bertz CT molecular complexity index is 672. The number of amides is 1. The van der Waals surface area contributed by atoms with Crippen LogP contribution in [0.3, 0.4) is 0 Å². The second-order valence-electron chi connectivity index (χ2n) is 6.90. The van der Waals surface area contributed by atoms with Crippen LogP contribution in [0.15, 0.2) is 23.4 Å². The molecule has 1 N–H and O–H groups in total. The summed E-state index contributed by atoms with van der Waals surface area (Å²) in [6, 6.07) is 5.28. The number of nitrogens with zero attached hydrogens (tertiary/aromatic N) is 3. The van der Waals surface area contributed by atoms with E-state index in [9.17, 15) is 9.18 Å². The van der Waals surface area contributed by atoms with E-state index in [4.69, 9.17) is 4.84 Å². The van der Waals surface area contributed by atoms with Gasteiger partial charge in [0, 0.05) is 45.1 Å². The molecule has 0 aliphatic carbocycles. The van der Waals surface area contributed by atoms with E-state index in [-0.39, 0.29) is 17.8 Å². The van der Waals surface area contributed by atoms with Gasteiger partial charge in [-0.05, 0) is 25.1 Å². The molecule has 142 valence electrons. The number of hydrogen-bond donors (Lipinski definition) is 1. The number of halogens is 1. The first-order valence-electron chi connectivity index (χ1n) is 9.31. The van der Waals surface area contributed by atoms with Crippen molar-refractivity contribution in [2.45, 2.75) is 32.8 Å². The van der Waals surface area contributed by atoms with Crippen molar-refractivity contribution in [3.63, 3.8) is 0 Å². The standard InChI is InChI=1S/C19H27FN4O2/c1-3-6-23-7-9-24(10-8-23)19-5-4-15(11-17(19)20)18-12-16(26-22-18)13-21-14(2)25/h4-5,11,16H,3,6-10,12-13H2,1-2H3,(H,21,25). The molecule has 1 aromatic carbocycles. The van der Waals surface area contributed by atoms with Crippen molar-refractivity contribution >= 4 is 17.3 Å². The highest BCUT2D eigenvalue weighted by molar-refractivity contribution is 6.01. The number of rotatable bonds is 6. The molecule has 0 saturated carbocycles. The van der Waals surface area contributed by atoms with Gasteiger partial charge in [0.05, 0.1) is 17.9 Å². The van der Waals surface area contributed by atoms with Crippen LogP contribution in [-0.2, 0) is 9.63 Å². The van der Waals surface area contributed by atoms with Crippen LogP contribution in [-0.4, -0.2) is 61.9 Å². The topological polar surface area (TPSA) is 57.2 Å². The Balaban J connectivity index is 1.59. The number of hydrogen-bond acceptors (Lipinski definition) is 5. The monoisotopic (exact) mass is 362 g/mol.